The van der Waals surface area contributed by atoms with E-state index in [-0.39, 0.29) is 41.8 Å². The molecule has 0 spiro atoms. The van der Waals surface area contributed by atoms with Crippen molar-refractivity contribution in [3.05, 3.63) is 53.1 Å². The molecule has 0 saturated carbocycles. The van der Waals surface area contributed by atoms with Crippen LogP contribution >= 0.6 is 0 Å². The lowest BCUT2D eigenvalue weighted by Crippen LogP contribution is -2.46. The van der Waals surface area contributed by atoms with E-state index in [0.29, 0.717) is 5.56 Å². The number of hydrogen-bond acceptors (Lipinski definition) is 5. The predicted octanol–water partition coefficient (Wildman–Crippen LogP) is 3.60. The lowest BCUT2D eigenvalue weighted by molar-refractivity contribution is -0.121. The zero-order valence-corrected chi connectivity index (χ0v) is 18.7. The average Bonchev–Trinajstić information content (AvgIpc) is 2.67. The van der Waals surface area contributed by atoms with Crippen LogP contribution in [0, 0.1) is 11.2 Å². The van der Waals surface area contributed by atoms with Gasteiger partial charge in [0.2, 0.25) is 11.9 Å². The van der Waals surface area contributed by atoms with E-state index in [1.807, 2.05) is 6.20 Å². The summed E-state index contributed by atoms with van der Waals surface area (Å²) in [6.07, 6.45) is 3.74. The Kier molecular flexibility index (Phi) is 5.97. The fourth-order valence-electron chi connectivity index (χ4n) is 4.72. The molecule has 1 aromatic heterocycles. The number of ether oxygens (including phenoxy) is 1. The van der Waals surface area contributed by atoms with Gasteiger partial charge in [0.1, 0.15) is 5.82 Å². The number of benzene rings is 1. The third-order valence-electron chi connectivity index (χ3n) is 6.01. The van der Waals surface area contributed by atoms with E-state index in [4.69, 9.17) is 9.72 Å². The van der Waals surface area contributed by atoms with Crippen molar-refractivity contribution in [2.45, 2.75) is 65.2 Å². The van der Waals surface area contributed by atoms with Crippen LogP contribution in [0.4, 0.5) is 10.3 Å². The molecule has 2 aliphatic rings. The molecule has 1 N–H and O–H groups in total. The van der Waals surface area contributed by atoms with Gasteiger partial charge in [-0.05, 0) is 43.7 Å². The number of hydrogen-bond donors (Lipinski definition) is 1. The Hall–Kier alpha value is -2.54. The average molecular weight is 427 g/mol. The number of morpholine rings is 1. The molecule has 0 radical (unpaired) electrons. The number of nitrogens with zero attached hydrogens (tertiary/aromatic N) is 3. The summed E-state index contributed by atoms with van der Waals surface area (Å²) in [6, 6.07) is 6.21. The van der Waals surface area contributed by atoms with Crippen LogP contribution in [0.1, 0.15) is 57.0 Å². The van der Waals surface area contributed by atoms with Gasteiger partial charge in [-0.1, -0.05) is 32.0 Å². The second-order valence-corrected chi connectivity index (χ2v) is 9.67. The standard InChI is InChI=1S/C24H31FN4O2/c1-15-13-29(14-16(2)31-15)23-26-12-18-20(10-24(3,4)11-21(18)28-23)27-22(30)9-17-7-5-6-8-19(17)25/h5-8,12,15-16,20H,9-11,13-14H2,1-4H3,(H,27,30)/t15-,16-,20-/m1/s1. The van der Waals surface area contributed by atoms with Gasteiger partial charge in [0, 0.05) is 24.8 Å². The highest BCUT2D eigenvalue weighted by Crippen LogP contribution is 2.40. The second kappa shape index (κ2) is 8.54. The number of carbonyl (C=O) groups excluding carboxylic acids is 1. The van der Waals surface area contributed by atoms with E-state index < -0.39 is 0 Å². The zero-order chi connectivity index (χ0) is 22.2. The molecule has 166 valence electrons. The normalized spacial score (nSPS) is 25.1. The number of amides is 1. The topological polar surface area (TPSA) is 67.4 Å². The van der Waals surface area contributed by atoms with E-state index in [2.05, 4.69) is 42.9 Å². The maximum Gasteiger partial charge on any atom is 0.225 e. The monoisotopic (exact) mass is 426 g/mol. The molecule has 0 bridgehead atoms. The van der Waals surface area contributed by atoms with Gasteiger partial charge in [-0.2, -0.15) is 0 Å². The van der Waals surface area contributed by atoms with E-state index in [1.165, 1.54) is 6.07 Å². The number of rotatable bonds is 4. The van der Waals surface area contributed by atoms with E-state index in [1.54, 1.807) is 18.2 Å². The minimum atomic E-state index is -0.357. The number of carbonyl (C=O) groups is 1. The van der Waals surface area contributed by atoms with Crippen LogP contribution in [0.2, 0.25) is 0 Å². The summed E-state index contributed by atoms with van der Waals surface area (Å²) in [7, 11) is 0. The first-order chi connectivity index (χ1) is 14.7. The van der Waals surface area contributed by atoms with Crippen molar-refractivity contribution >= 4 is 11.9 Å². The van der Waals surface area contributed by atoms with Gasteiger partial charge >= 0.3 is 0 Å². The van der Waals surface area contributed by atoms with Crippen LogP contribution in [0.25, 0.3) is 0 Å². The fraction of sp³-hybridized carbons (Fsp3) is 0.542. The van der Waals surface area contributed by atoms with Gasteiger partial charge in [0.15, 0.2) is 0 Å². The van der Waals surface area contributed by atoms with Crippen LogP contribution in [0.5, 0.6) is 0 Å². The van der Waals surface area contributed by atoms with Crippen LogP contribution in [-0.2, 0) is 22.4 Å². The highest BCUT2D eigenvalue weighted by atomic mass is 19.1. The second-order valence-electron chi connectivity index (χ2n) is 9.67. The molecule has 2 aromatic rings. The third kappa shape index (κ3) is 5.03. The summed E-state index contributed by atoms with van der Waals surface area (Å²) in [6.45, 7) is 10.0. The van der Waals surface area contributed by atoms with E-state index in [9.17, 15) is 9.18 Å². The van der Waals surface area contributed by atoms with E-state index in [0.717, 1.165) is 43.1 Å². The lowest BCUT2D eigenvalue weighted by Gasteiger charge is -2.38. The Labute approximate surface area is 183 Å². The molecule has 6 nitrogen and oxygen atoms in total. The number of aromatic nitrogens is 2. The van der Waals surface area contributed by atoms with Crippen LogP contribution in [0.3, 0.4) is 0 Å². The van der Waals surface area contributed by atoms with Crippen molar-refractivity contribution < 1.29 is 13.9 Å². The van der Waals surface area contributed by atoms with Crippen molar-refractivity contribution in [1.29, 1.82) is 0 Å². The molecule has 31 heavy (non-hydrogen) atoms. The van der Waals surface area contributed by atoms with Crippen LogP contribution < -0.4 is 10.2 Å². The first-order valence-corrected chi connectivity index (χ1v) is 11.0. The molecule has 2 heterocycles. The van der Waals surface area contributed by atoms with Crippen molar-refractivity contribution in [3.8, 4) is 0 Å². The summed E-state index contributed by atoms with van der Waals surface area (Å²) in [4.78, 5) is 24.4. The Morgan fingerprint density at radius 1 is 1.26 bits per heavy atom. The smallest absolute Gasteiger partial charge is 0.225 e. The molecule has 1 aliphatic heterocycles. The zero-order valence-electron chi connectivity index (χ0n) is 18.7. The highest BCUT2D eigenvalue weighted by Gasteiger charge is 2.35. The van der Waals surface area contributed by atoms with Gasteiger partial charge in [0.05, 0.1) is 30.4 Å². The Bertz CT molecular complexity index is 954. The maximum absolute atomic E-state index is 14.0. The van der Waals surface area contributed by atoms with Crippen molar-refractivity contribution in [2.75, 3.05) is 18.0 Å². The molecule has 1 aromatic carbocycles. The quantitative estimate of drug-likeness (QED) is 0.809. The van der Waals surface area contributed by atoms with E-state index >= 15 is 0 Å². The molecule has 0 unspecified atom stereocenters. The lowest BCUT2D eigenvalue weighted by atomic mass is 9.74. The van der Waals surface area contributed by atoms with Crippen molar-refractivity contribution in [2.24, 2.45) is 5.41 Å². The minimum Gasteiger partial charge on any atom is -0.372 e. The Morgan fingerprint density at radius 3 is 2.68 bits per heavy atom. The number of halogens is 1. The van der Waals surface area contributed by atoms with Gasteiger partial charge in [-0.15, -0.1) is 0 Å². The van der Waals surface area contributed by atoms with Gasteiger partial charge in [-0.3, -0.25) is 4.79 Å². The first-order valence-electron chi connectivity index (χ1n) is 11.0. The molecular weight excluding hydrogens is 395 g/mol. The highest BCUT2D eigenvalue weighted by molar-refractivity contribution is 5.79. The van der Waals surface area contributed by atoms with Gasteiger partial charge < -0.3 is 15.0 Å². The molecule has 7 heteroatoms. The van der Waals surface area contributed by atoms with Crippen LogP contribution in [-0.4, -0.2) is 41.2 Å². The Morgan fingerprint density at radius 2 is 1.97 bits per heavy atom. The summed E-state index contributed by atoms with van der Waals surface area (Å²) in [5, 5.41) is 3.10. The summed E-state index contributed by atoms with van der Waals surface area (Å²) >= 11 is 0. The molecule has 1 saturated heterocycles. The third-order valence-corrected chi connectivity index (χ3v) is 6.01. The number of nitrogens with one attached hydrogen (secondary N) is 1. The molecular formula is C24H31FN4O2. The molecule has 1 fully saturated rings. The largest absolute Gasteiger partial charge is 0.372 e. The summed E-state index contributed by atoms with van der Waals surface area (Å²) in [5.74, 6) is 0.164. The summed E-state index contributed by atoms with van der Waals surface area (Å²) in [5.41, 5.74) is 2.32. The molecule has 1 aliphatic carbocycles. The summed E-state index contributed by atoms with van der Waals surface area (Å²) < 4.78 is 19.8. The maximum atomic E-state index is 14.0. The van der Waals surface area contributed by atoms with Crippen molar-refractivity contribution in [3.63, 3.8) is 0 Å². The molecule has 4 rings (SSSR count). The first kappa shape index (κ1) is 21.7. The van der Waals surface area contributed by atoms with Gasteiger partial charge in [-0.25, -0.2) is 14.4 Å². The number of fused-ring (bicyclic) bond motifs is 1. The van der Waals surface area contributed by atoms with Crippen LogP contribution in [0.15, 0.2) is 30.5 Å². The molecule has 3 atom stereocenters. The molecule has 1 amide bonds. The fourth-order valence-corrected chi connectivity index (χ4v) is 4.72. The van der Waals surface area contributed by atoms with Crippen molar-refractivity contribution in [1.82, 2.24) is 15.3 Å². The Balaban J connectivity index is 1.54. The SMILES string of the molecule is C[C@@H]1CN(c2ncc3c(n2)CC(C)(C)C[C@H]3NC(=O)Cc2ccccc2F)C[C@@H](C)O1. The number of anilines is 1. The predicted molar refractivity (Wildman–Crippen MR) is 117 cm³/mol. The van der Waals surface area contributed by atoms with Gasteiger partial charge in [0.25, 0.3) is 0 Å². The minimum absolute atomic E-state index is 0.0137.